The summed E-state index contributed by atoms with van der Waals surface area (Å²) in [6.45, 7) is 2.84. The molecule has 30 heavy (non-hydrogen) atoms. The molecule has 5 nitrogen and oxygen atoms in total. The fourth-order valence-electron chi connectivity index (χ4n) is 2.65. The van der Waals surface area contributed by atoms with Gasteiger partial charge in [0.25, 0.3) is 0 Å². The second kappa shape index (κ2) is 9.57. The van der Waals surface area contributed by atoms with Gasteiger partial charge in [0, 0.05) is 12.2 Å². The van der Waals surface area contributed by atoms with E-state index in [9.17, 15) is 30.8 Å². The van der Waals surface area contributed by atoms with E-state index in [-0.39, 0.29) is 18.2 Å². The molecule has 1 N–H and O–H groups in total. The molecule has 0 heterocycles. The van der Waals surface area contributed by atoms with Crippen molar-refractivity contribution in [3.8, 4) is 0 Å². The van der Waals surface area contributed by atoms with Crippen LogP contribution in [0.25, 0.3) is 0 Å². The molecule has 164 valence electrons. The summed E-state index contributed by atoms with van der Waals surface area (Å²) >= 11 is 0. The van der Waals surface area contributed by atoms with Crippen molar-refractivity contribution < 1.29 is 30.8 Å². The average Bonchev–Trinajstić information content (AvgIpc) is 2.66. The third kappa shape index (κ3) is 6.27. The molecule has 0 saturated carbocycles. The Morgan fingerprint density at radius 3 is 2.23 bits per heavy atom. The summed E-state index contributed by atoms with van der Waals surface area (Å²) in [5, 5.41) is 2.42. The predicted octanol–water partition coefficient (Wildman–Crippen LogP) is 4.52. The highest BCUT2D eigenvalue weighted by molar-refractivity contribution is 7.89. The van der Waals surface area contributed by atoms with E-state index in [1.54, 1.807) is 0 Å². The standard InChI is InChI=1S/C20H22F4N2O3S/c1-14(2)11-12-26(13-19(27)25-16-9-7-15(21)8-10-16)30(28,29)18-6-4-3-5-17(18)20(22,23)24/h3-10,14H,11-13H2,1-2H3,(H,25,27). The highest BCUT2D eigenvalue weighted by Gasteiger charge is 2.39. The van der Waals surface area contributed by atoms with Gasteiger partial charge in [-0.1, -0.05) is 26.0 Å². The maximum Gasteiger partial charge on any atom is 0.417 e. The lowest BCUT2D eigenvalue weighted by Crippen LogP contribution is -2.39. The molecular weight excluding hydrogens is 424 g/mol. The number of carbonyl (C=O) groups is 1. The molecule has 0 aromatic heterocycles. The summed E-state index contributed by atoms with van der Waals surface area (Å²) in [6.07, 6.45) is -4.53. The van der Waals surface area contributed by atoms with Crippen molar-refractivity contribution in [2.24, 2.45) is 5.92 Å². The maximum absolute atomic E-state index is 13.3. The van der Waals surface area contributed by atoms with Crippen molar-refractivity contribution in [3.63, 3.8) is 0 Å². The lowest BCUT2D eigenvalue weighted by atomic mass is 10.1. The molecule has 10 heteroatoms. The van der Waals surface area contributed by atoms with Crippen LogP contribution in [-0.4, -0.2) is 31.7 Å². The molecule has 0 atom stereocenters. The molecule has 0 aliphatic heterocycles. The number of rotatable bonds is 8. The number of hydrogen-bond donors (Lipinski definition) is 1. The van der Waals surface area contributed by atoms with E-state index in [0.717, 1.165) is 28.6 Å². The molecule has 0 saturated heterocycles. The second-order valence-corrected chi connectivity index (χ2v) is 8.98. The van der Waals surface area contributed by atoms with Gasteiger partial charge in [0.2, 0.25) is 15.9 Å². The zero-order valence-electron chi connectivity index (χ0n) is 16.4. The zero-order chi connectivity index (χ0) is 22.5. The number of hydrogen-bond acceptors (Lipinski definition) is 3. The molecule has 2 rings (SSSR count). The van der Waals surface area contributed by atoms with Crippen LogP contribution in [0.1, 0.15) is 25.8 Å². The van der Waals surface area contributed by atoms with Gasteiger partial charge in [0.05, 0.1) is 17.0 Å². The van der Waals surface area contributed by atoms with Crippen LogP contribution in [0.3, 0.4) is 0 Å². The molecule has 2 aromatic carbocycles. The van der Waals surface area contributed by atoms with E-state index in [2.05, 4.69) is 5.32 Å². The molecule has 0 fully saturated rings. The molecule has 0 unspecified atom stereocenters. The van der Waals surface area contributed by atoms with E-state index < -0.39 is 44.9 Å². The quantitative estimate of drug-likeness (QED) is 0.607. The van der Waals surface area contributed by atoms with Crippen molar-refractivity contribution in [1.29, 1.82) is 0 Å². The van der Waals surface area contributed by atoms with Gasteiger partial charge in [0.1, 0.15) is 5.82 Å². The van der Waals surface area contributed by atoms with E-state index in [1.807, 2.05) is 13.8 Å². The van der Waals surface area contributed by atoms with Crippen LogP contribution in [0.5, 0.6) is 0 Å². The molecule has 0 spiro atoms. The molecule has 0 aliphatic carbocycles. The van der Waals surface area contributed by atoms with Gasteiger partial charge in [-0.25, -0.2) is 12.8 Å². The Labute approximate surface area is 172 Å². The third-order valence-corrected chi connectivity index (χ3v) is 6.12. The van der Waals surface area contributed by atoms with Crippen LogP contribution in [0.4, 0.5) is 23.2 Å². The van der Waals surface area contributed by atoms with Crippen LogP contribution in [0, 0.1) is 11.7 Å². The SMILES string of the molecule is CC(C)CCN(CC(=O)Nc1ccc(F)cc1)S(=O)(=O)c1ccccc1C(F)(F)F. The number of nitrogens with one attached hydrogen (secondary N) is 1. The van der Waals surface area contributed by atoms with E-state index in [4.69, 9.17) is 0 Å². The minimum Gasteiger partial charge on any atom is -0.325 e. The van der Waals surface area contributed by atoms with Crippen LogP contribution in [-0.2, 0) is 21.0 Å². The minimum absolute atomic E-state index is 0.0562. The number of benzene rings is 2. The van der Waals surface area contributed by atoms with Crippen LogP contribution >= 0.6 is 0 Å². The number of amides is 1. The first-order valence-corrected chi connectivity index (χ1v) is 10.6. The van der Waals surface area contributed by atoms with Crippen molar-refractivity contribution in [2.45, 2.75) is 31.3 Å². The second-order valence-electron chi connectivity index (χ2n) is 7.07. The first kappa shape index (κ1) is 23.8. The monoisotopic (exact) mass is 446 g/mol. The molecule has 1 amide bonds. The van der Waals surface area contributed by atoms with Crippen molar-refractivity contribution in [3.05, 3.63) is 59.9 Å². The Balaban J connectivity index is 2.33. The fourth-order valence-corrected chi connectivity index (χ4v) is 4.27. The minimum atomic E-state index is -4.87. The third-order valence-electron chi connectivity index (χ3n) is 4.21. The Hall–Kier alpha value is -2.46. The van der Waals surface area contributed by atoms with Crippen molar-refractivity contribution in [1.82, 2.24) is 4.31 Å². The smallest absolute Gasteiger partial charge is 0.325 e. The Morgan fingerprint density at radius 1 is 1.07 bits per heavy atom. The summed E-state index contributed by atoms with van der Waals surface area (Å²) in [6, 6.07) is 8.66. The lowest BCUT2D eigenvalue weighted by molar-refractivity contribution is -0.139. The summed E-state index contributed by atoms with van der Waals surface area (Å²) in [4.78, 5) is 11.5. The maximum atomic E-state index is 13.3. The van der Waals surface area contributed by atoms with Gasteiger partial charge in [-0.15, -0.1) is 0 Å². The average molecular weight is 446 g/mol. The van der Waals surface area contributed by atoms with E-state index in [0.29, 0.717) is 12.5 Å². The number of anilines is 1. The van der Waals surface area contributed by atoms with Gasteiger partial charge in [0.15, 0.2) is 0 Å². The predicted molar refractivity (Wildman–Crippen MR) is 105 cm³/mol. The fraction of sp³-hybridized carbons (Fsp3) is 0.350. The molecule has 0 radical (unpaired) electrons. The van der Waals surface area contributed by atoms with E-state index in [1.165, 1.54) is 18.2 Å². The summed E-state index contributed by atoms with van der Waals surface area (Å²) in [5.41, 5.74) is -1.06. The number of carbonyl (C=O) groups excluding carboxylic acids is 1. The zero-order valence-corrected chi connectivity index (χ0v) is 17.2. The molecular formula is C20H22F4N2O3S. The lowest BCUT2D eigenvalue weighted by Gasteiger charge is -2.24. The summed E-state index contributed by atoms with van der Waals surface area (Å²) < 4.78 is 79.8. The van der Waals surface area contributed by atoms with Gasteiger partial charge in [-0.2, -0.15) is 17.5 Å². The van der Waals surface area contributed by atoms with Crippen LogP contribution < -0.4 is 5.32 Å². The molecule has 0 aliphatic rings. The van der Waals surface area contributed by atoms with Gasteiger partial charge >= 0.3 is 6.18 Å². The number of alkyl halides is 3. The first-order chi connectivity index (χ1) is 13.9. The van der Waals surface area contributed by atoms with Crippen molar-refractivity contribution in [2.75, 3.05) is 18.4 Å². The number of halogens is 4. The highest BCUT2D eigenvalue weighted by atomic mass is 32.2. The Bertz CT molecular complexity index is 974. The number of sulfonamides is 1. The van der Waals surface area contributed by atoms with Crippen LogP contribution in [0.2, 0.25) is 0 Å². The summed E-state index contributed by atoms with van der Waals surface area (Å²) in [5.74, 6) is -1.21. The number of nitrogens with zero attached hydrogens (tertiary/aromatic N) is 1. The highest BCUT2D eigenvalue weighted by Crippen LogP contribution is 2.35. The molecule has 2 aromatic rings. The topological polar surface area (TPSA) is 66.5 Å². The van der Waals surface area contributed by atoms with E-state index >= 15 is 0 Å². The largest absolute Gasteiger partial charge is 0.417 e. The van der Waals surface area contributed by atoms with Crippen LogP contribution in [0.15, 0.2) is 53.4 Å². The van der Waals surface area contributed by atoms with Gasteiger partial charge < -0.3 is 5.32 Å². The van der Waals surface area contributed by atoms with Gasteiger partial charge in [-0.3, -0.25) is 4.79 Å². The van der Waals surface area contributed by atoms with Gasteiger partial charge in [-0.05, 0) is 48.7 Å². The summed E-state index contributed by atoms with van der Waals surface area (Å²) in [7, 11) is -4.61. The first-order valence-electron chi connectivity index (χ1n) is 9.13. The normalized spacial score (nSPS) is 12.4. The Morgan fingerprint density at radius 2 is 1.67 bits per heavy atom. The van der Waals surface area contributed by atoms with Crippen molar-refractivity contribution >= 4 is 21.6 Å². The molecule has 0 bridgehead atoms. The Kier molecular flexibility index (Phi) is 7.59.